The molecule has 428 valence electrons. The number of hydrogen-bond donors (Lipinski definition) is 0. The van der Waals surface area contributed by atoms with Crippen molar-refractivity contribution in [3.8, 4) is 0 Å². The van der Waals surface area contributed by atoms with Crippen LogP contribution in [0, 0.1) is 0 Å². The van der Waals surface area contributed by atoms with Crippen molar-refractivity contribution < 1.29 is 28.6 Å². The Morgan fingerprint density at radius 3 is 0.795 bits per heavy atom. The van der Waals surface area contributed by atoms with Gasteiger partial charge in [-0.25, -0.2) is 0 Å². The molecule has 0 spiro atoms. The lowest BCUT2D eigenvalue weighted by Gasteiger charge is -2.18. The third-order valence-corrected chi connectivity index (χ3v) is 14.6. The van der Waals surface area contributed by atoms with Crippen LogP contribution in [0.2, 0.25) is 0 Å². The summed E-state index contributed by atoms with van der Waals surface area (Å²) >= 11 is 0. The van der Waals surface area contributed by atoms with Gasteiger partial charge in [-0.3, -0.25) is 14.4 Å². The summed E-state index contributed by atoms with van der Waals surface area (Å²) < 4.78 is 16.9. The van der Waals surface area contributed by atoms with Gasteiger partial charge in [0.05, 0.1) is 0 Å². The first-order valence-electron chi connectivity index (χ1n) is 32.5. The standard InChI is InChI=1S/C67H124O6/c1-4-7-10-13-16-19-22-24-26-28-29-30-31-32-33-34-35-36-37-39-40-42-45-48-51-54-57-60-66(69)72-63-64(62-71-65(68)59-56-53-50-47-44-21-18-15-12-9-6-3)73-67(70)61-58-55-52-49-46-43-41-38-27-25-23-20-17-14-11-8-5-2/h17,20,25,27-29,64H,4-16,18-19,21-24,26,30-63H2,1-3H3/b20-17-,27-25-,29-28-. The fourth-order valence-corrected chi connectivity index (χ4v) is 9.71. The molecular weight excluding hydrogens is 901 g/mol. The van der Waals surface area contributed by atoms with Crippen molar-refractivity contribution in [2.75, 3.05) is 13.2 Å². The fraction of sp³-hybridized carbons (Fsp3) is 0.866. The van der Waals surface area contributed by atoms with Gasteiger partial charge in [0, 0.05) is 19.3 Å². The van der Waals surface area contributed by atoms with E-state index in [1.165, 1.54) is 244 Å². The molecule has 0 aromatic rings. The first-order chi connectivity index (χ1) is 36.0. The quantitative estimate of drug-likeness (QED) is 0.0261. The maximum absolute atomic E-state index is 12.9. The average molecular weight is 1030 g/mol. The molecule has 0 fully saturated rings. The zero-order valence-corrected chi connectivity index (χ0v) is 49.2. The Labute approximate surface area is 455 Å². The van der Waals surface area contributed by atoms with Crippen molar-refractivity contribution in [3.63, 3.8) is 0 Å². The second-order valence-corrected chi connectivity index (χ2v) is 22.0. The van der Waals surface area contributed by atoms with E-state index in [9.17, 15) is 14.4 Å². The van der Waals surface area contributed by atoms with Crippen LogP contribution in [-0.2, 0) is 28.6 Å². The molecule has 1 atom stereocenters. The van der Waals surface area contributed by atoms with E-state index in [1.54, 1.807) is 0 Å². The van der Waals surface area contributed by atoms with Gasteiger partial charge < -0.3 is 14.2 Å². The molecule has 0 aromatic carbocycles. The van der Waals surface area contributed by atoms with Crippen molar-refractivity contribution in [3.05, 3.63) is 36.5 Å². The van der Waals surface area contributed by atoms with Crippen LogP contribution in [0.4, 0.5) is 0 Å². The molecule has 0 bridgehead atoms. The summed E-state index contributed by atoms with van der Waals surface area (Å²) in [6.07, 6.45) is 75.9. The van der Waals surface area contributed by atoms with Crippen molar-refractivity contribution in [1.82, 2.24) is 0 Å². The predicted molar refractivity (Wildman–Crippen MR) is 316 cm³/mol. The Hall–Kier alpha value is -2.37. The number of allylic oxidation sites excluding steroid dienone is 6. The lowest BCUT2D eigenvalue weighted by Crippen LogP contribution is -2.30. The number of carbonyl (C=O) groups is 3. The van der Waals surface area contributed by atoms with Gasteiger partial charge in [-0.15, -0.1) is 0 Å². The summed E-state index contributed by atoms with van der Waals surface area (Å²) in [4.78, 5) is 38.2. The van der Waals surface area contributed by atoms with Crippen molar-refractivity contribution in [2.24, 2.45) is 0 Å². The normalized spacial score (nSPS) is 12.2. The van der Waals surface area contributed by atoms with E-state index in [-0.39, 0.29) is 31.1 Å². The summed E-state index contributed by atoms with van der Waals surface area (Å²) in [5.41, 5.74) is 0. The van der Waals surface area contributed by atoms with E-state index in [0.29, 0.717) is 19.3 Å². The molecular formula is C67H124O6. The molecule has 1 unspecified atom stereocenters. The molecule has 0 aliphatic rings. The minimum absolute atomic E-state index is 0.0709. The molecule has 6 nitrogen and oxygen atoms in total. The summed E-state index contributed by atoms with van der Waals surface area (Å²) in [5, 5.41) is 0. The highest BCUT2D eigenvalue weighted by molar-refractivity contribution is 5.71. The summed E-state index contributed by atoms with van der Waals surface area (Å²) in [7, 11) is 0. The summed E-state index contributed by atoms with van der Waals surface area (Å²) in [6, 6.07) is 0. The molecule has 0 saturated carbocycles. The van der Waals surface area contributed by atoms with Crippen LogP contribution in [-0.4, -0.2) is 37.2 Å². The number of carbonyl (C=O) groups excluding carboxylic acids is 3. The Morgan fingerprint density at radius 1 is 0.274 bits per heavy atom. The molecule has 73 heavy (non-hydrogen) atoms. The predicted octanol–water partition coefficient (Wildman–Crippen LogP) is 22.0. The van der Waals surface area contributed by atoms with Crippen LogP contribution < -0.4 is 0 Å². The molecule has 0 N–H and O–H groups in total. The van der Waals surface area contributed by atoms with E-state index in [4.69, 9.17) is 14.2 Å². The van der Waals surface area contributed by atoms with Crippen molar-refractivity contribution >= 4 is 17.9 Å². The lowest BCUT2D eigenvalue weighted by atomic mass is 10.0. The van der Waals surface area contributed by atoms with Gasteiger partial charge in [-0.2, -0.15) is 0 Å². The van der Waals surface area contributed by atoms with Gasteiger partial charge in [-0.05, 0) is 77.0 Å². The largest absolute Gasteiger partial charge is 0.462 e. The average Bonchev–Trinajstić information content (AvgIpc) is 3.39. The molecule has 0 aliphatic carbocycles. The van der Waals surface area contributed by atoms with Crippen molar-refractivity contribution in [1.29, 1.82) is 0 Å². The summed E-state index contributed by atoms with van der Waals surface area (Å²) in [6.45, 7) is 6.65. The van der Waals surface area contributed by atoms with Crippen LogP contribution in [0.25, 0.3) is 0 Å². The Kier molecular flexibility index (Phi) is 60.2. The maximum Gasteiger partial charge on any atom is 0.306 e. The molecule has 0 radical (unpaired) electrons. The van der Waals surface area contributed by atoms with Crippen LogP contribution in [0.1, 0.15) is 355 Å². The van der Waals surface area contributed by atoms with Gasteiger partial charge in [0.15, 0.2) is 6.10 Å². The van der Waals surface area contributed by atoms with Gasteiger partial charge in [0.25, 0.3) is 0 Å². The molecule has 0 rings (SSSR count). The maximum atomic E-state index is 12.9. The number of hydrogen-bond acceptors (Lipinski definition) is 6. The van der Waals surface area contributed by atoms with Crippen LogP contribution in [0.3, 0.4) is 0 Å². The highest BCUT2D eigenvalue weighted by atomic mass is 16.6. The van der Waals surface area contributed by atoms with Crippen LogP contribution in [0.15, 0.2) is 36.5 Å². The third-order valence-electron chi connectivity index (χ3n) is 14.6. The molecule has 6 heteroatoms. The third kappa shape index (κ3) is 60.4. The molecule has 0 amide bonds. The van der Waals surface area contributed by atoms with E-state index in [0.717, 1.165) is 70.6 Å². The number of esters is 3. The monoisotopic (exact) mass is 1020 g/mol. The Balaban J connectivity index is 4.18. The zero-order valence-electron chi connectivity index (χ0n) is 49.2. The molecule has 0 heterocycles. The smallest absolute Gasteiger partial charge is 0.306 e. The SMILES string of the molecule is CCCCC/C=C\C/C=C\CCCCCCCCCC(=O)OC(COC(=O)CCCCCCCCCCCCC)COC(=O)CCCCCCCCCCCCCCCCC/C=C\CCCCCCCCCC. The van der Waals surface area contributed by atoms with Gasteiger partial charge in [0.1, 0.15) is 13.2 Å². The van der Waals surface area contributed by atoms with E-state index in [2.05, 4.69) is 57.2 Å². The van der Waals surface area contributed by atoms with Crippen molar-refractivity contribution in [2.45, 2.75) is 361 Å². The lowest BCUT2D eigenvalue weighted by molar-refractivity contribution is -0.167. The number of ether oxygens (including phenoxy) is 3. The van der Waals surface area contributed by atoms with E-state index >= 15 is 0 Å². The second kappa shape index (κ2) is 62.2. The Morgan fingerprint density at radius 2 is 0.493 bits per heavy atom. The van der Waals surface area contributed by atoms with Gasteiger partial charge >= 0.3 is 17.9 Å². The fourth-order valence-electron chi connectivity index (χ4n) is 9.71. The molecule has 0 aromatic heterocycles. The first kappa shape index (κ1) is 70.6. The highest BCUT2D eigenvalue weighted by Crippen LogP contribution is 2.17. The van der Waals surface area contributed by atoms with Crippen LogP contribution in [0.5, 0.6) is 0 Å². The van der Waals surface area contributed by atoms with Crippen LogP contribution >= 0.6 is 0 Å². The minimum atomic E-state index is -0.773. The molecule has 0 aliphatic heterocycles. The number of rotatable bonds is 60. The van der Waals surface area contributed by atoms with E-state index in [1.807, 2.05) is 0 Å². The highest BCUT2D eigenvalue weighted by Gasteiger charge is 2.19. The van der Waals surface area contributed by atoms with Gasteiger partial charge in [-0.1, -0.05) is 295 Å². The Bertz CT molecular complexity index is 1220. The zero-order chi connectivity index (χ0) is 52.9. The van der Waals surface area contributed by atoms with E-state index < -0.39 is 6.10 Å². The van der Waals surface area contributed by atoms with Gasteiger partial charge in [0.2, 0.25) is 0 Å². The topological polar surface area (TPSA) is 78.9 Å². The number of unbranched alkanes of at least 4 members (excludes halogenated alkanes) is 43. The molecule has 0 saturated heterocycles. The first-order valence-corrected chi connectivity index (χ1v) is 32.5. The second-order valence-electron chi connectivity index (χ2n) is 22.0. The minimum Gasteiger partial charge on any atom is -0.462 e. The summed E-state index contributed by atoms with van der Waals surface area (Å²) in [5.74, 6) is -0.857.